The van der Waals surface area contributed by atoms with Gasteiger partial charge in [0.1, 0.15) is 5.78 Å². The predicted octanol–water partition coefficient (Wildman–Crippen LogP) is -0.175. The first-order chi connectivity index (χ1) is 5.56. The summed E-state index contributed by atoms with van der Waals surface area (Å²) in [6.07, 6.45) is 1.85. The van der Waals surface area contributed by atoms with Crippen LogP contribution in [0.1, 0.15) is 20.3 Å². The van der Waals surface area contributed by atoms with E-state index < -0.39 is 5.92 Å². The Labute approximate surface area is 91.7 Å². The van der Waals surface area contributed by atoms with Gasteiger partial charge in [-0.15, -0.1) is 5.92 Å². The molecule has 1 amide bonds. The SMILES string of the molecule is CC(=O)CC([C-]=O)CNC(C)=O.[W]. The van der Waals surface area contributed by atoms with Crippen molar-refractivity contribution in [2.75, 3.05) is 6.54 Å². The van der Waals surface area contributed by atoms with E-state index in [1.54, 1.807) is 6.29 Å². The third-order valence-corrected chi connectivity index (χ3v) is 1.30. The van der Waals surface area contributed by atoms with Gasteiger partial charge in [0.05, 0.1) is 0 Å². The Morgan fingerprint density at radius 2 is 1.92 bits per heavy atom. The van der Waals surface area contributed by atoms with Gasteiger partial charge in [0.25, 0.3) is 0 Å². The Morgan fingerprint density at radius 3 is 2.23 bits per heavy atom. The molecule has 0 aliphatic carbocycles. The number of carbonyl (C=O) groups is 2. The number of rotatable bonds is 5. The number of hydrogen-bond donors (Lipinski definition) is 1. The van der Waals surface area contributed by atoms with Crippen LogP contribution in [-0.4, -0.2) is 24.5 Å². The summed E-state index contributed by atoms with van der Waals surface area (Å²) in [4.78, 5) is 31.2. The van der Waals surface area contributed by atoms with E-state index in [9.17, 15) is 14.4 Å². The zero-order valence-electron chi connectivity index (χ0n) is 7.62. The number of carbonyl (C=O) groups excluding carboxylic acids is 3. The topological polar surface area (TPSA) is 63.2 Å². The number of amides is 1. The van der Waals surface area contributed by atoms with Gasteiger partial charge in [0.15, 0.2) is 0 Å². The van der Waals surface area contributed by atoms with Crippen LogP contribution in [0.25, 0.3) is 0 Å². The Bertz CT molecular complexity index is 194. The van der Waals surface area contributed by atoms with Crippen molar-refractivity contribution in [1.29, 1.82) is 0 Å². The Balaban J connectivity index is 0. The average molecular weight is 354 g/mol. The van der Waals surface area contributed by atoms with E-state index in [4.69, 9.17) is 0 Å². The van der Waals surface area contributed by atoms with Gasteiger partial charge < -0.3 is 14.9 Å². The second kappa shape index (κ2) is 8.11. The van der Waals surface area contributed by atoms with E-state index in [1.807, 2.05) is 0 Å². The van der Waals surface area contributed by atoms with Crippen LogP contribution in [0.2, 0.25) is 0 Å². The van der Waals surface area contributed by atoms with Gasteiger partial charge in [0, 0.05) is 28.0 Å². The number of nitrogens with one attached hydrogen (secondary N) is 1. The molecule has 0 aromatic carbocycles. The summed E-state index contributed by atoms with van der Waals surface area (Å²) < 4.78 is 0. The molecule has 0 aromatic heterocycles. The molecule has 4 nitrogen and oxygen atoms in total. The molecule has 1 atom stereocenters. The van der Waals surface area contributed by atoms with E-state index in [-0.39, 0.29) is 45.7 Å². The summed E-state index contributed by atoms with van der Waals surface area (Å²) in [7, 11) is 0. The summed E-state index contributed by atoms with van der Waals surface area (Å²) >= 11 is 0. The van der Waals surface area contributed by atoms with Crippen molar-refractivity contribution in [1.82, 2.24) is 5.32 Å². The maximum atomic E-state index is 10.6. The molecule has 0 aromatic rings. The van der Waals surface area contributed by atoms with Crippen molar-refractivity contribution in [3.05, 3.63) is 0 Å². The Kier molecular flexibility index (Phi) is 9.36. The van der Waals surface area contributed by atoms with Crippen LogP contribution >= 0.6 is 0 Å². The normalized spacial score (nSPS) is 10.9. The zero-order chi connectivity index (χ0) is 9.56. The largest absolute Gasteiger partial charge is 0.541 e. The van der Waals surface area contributed by atoms with Gasteiger partial charge in [-0.05, 0) is 19.9 Å². The number of ketones is 1. The first-order valence-corrected chi connectivity index (χ1v) is 3.67. The first-order valence-electron chi connectivity index (χ1n) is 3.67. The summed E-state index contributed by atoms with van der Waals surface area (Å²) in [5.41, 5.74) is 0. The molecule has 0 spiro atoms. The van der Waals surface area contributed by atoms with Gasteiger partial charge in [-0.3, -0.25) is 11.1 Å². The van der Waals surface area contributed by atoms with Crippen molar-refractivity contribution in [3.8, 4) is 0 Å². The van der Waals surface area contributed by atoms with Crippen LogP contribution in [0, 0.1) is 5.92 Å². The van der Waals surface area contributed by atoms with Gasteiger partial charge in [-0.1, -0.05) is 0 Å². The maximum Gasteiger partial charge on any atom is 0.216 e. The summed E-state index contributed by atoms with van der Waals surface area (Å²) in [6.45, 7) is 2.95. The Morgan fingerprint density at radius 1 is 1.38 bits per heavy atom. The maximum absolute atomic E-state index is 10.6. The molecule has 0 aliphatic heterocycles. The first kappa shape index (κ1) is 15.0. The molecule has 5 heteroatoms. The molecule has 1 N–H and O–H groups in total. The molecule has 74 valence electrons. The van der Waals surface area contributed by atoms with Crippen LogP contribution in [0.15, 0.2) is 0 Å². The van der Waals surface area contributed by atoms with Crippen molar-refractivity contribution in [3.63, 3.8) is 0 Å². The second-order valence-corrected chi connectivity index (χ2v) is 2.66. The van der Waals surface area contributed by atoms with Crippen molar-refractivity contribution in [2.45, 2.75) is 20.3 Å². The molecule has 13 heavy (non-hydrogen) atoms. The minimum atomic E-state index is -0.508. The fourth-order valence-corrected chi connectivity index (χ4v) is 0.769. The third-order valence-electron chi connectivity index (χ3n) is 1.30. The molecule has 0 aliphatic rings. The molecular formula is C8H12NO3W-. The van der Waals surface area contributed by atoms with E-state index in [0.29, 0.717) is 0 Å². The Hall–Kier alpha value is -0.502. The molecule has 0 fully saturated rings. The molecule has 0 heterocycles. The second-order valence-electron chi connectivity index (χ2n) is 2.66. The predicted molar refractivity (Wildman–Crippen MR) is 43.2 cm³/mol. The van der Waals surface area contributed by atoms with E-state index in [0.717, 1.165) is 0 Å². The van der Waals surface area contributed by atoms with Gasteiger partial charge >= 0.3 is 0 Å². The molecule has 0 bridgehead atoms. The van der Waals surface area contributed by atoms with E-state index in [1.165, 1.54) is 13.8 Å². The number of Topliss-reactive ketones (excluding diaryl/α,β-unsaturated/α-hetero) is 1. The molecule has 1 unspecified atom stereocenters. The van der Waals surface area contributed by atoms with Gasteiger partial charge in [-0.25, -0.2) is 0 Å². The van der Waals surface area contributed by atoms with Crippen molar-refractivity contribution >= 4 is 18.0 Å². The van der Waals surface area contributed by atoms with Crippen LogP contribution in [0.5, 0.6) is 0 Å². The minimum absolute atomic E-state index is 0. The summed E-state index contributed by atoms with van der Waals surface area (Å²) in [6, 6.07) is 0. The van der Waals surface area contributed by atoms with Crippen LogP contribution in [0.3, 0.4) is 0 Å². The molecular weight excluding hydrogens is 342 g/mol. The monoisotopic (exact) mass is 354 g/mol. The van der Waals surface area contributed by atoms with Crippen LogP contribution in [-0.2, 0) is 35.4 Å². The zero-order valence-corrected chi connectivity index (χ0v) is 10.6. The van der Waals surface area contributed by atoms with Crippen LogP contribution < -0.4 is 5.32 Å². The fourth-order valence-electron chi connectivity index (χ4n) is 0.769. The third kappa shape index (κ3) is 9.41. The molecule has 0 radical (unpaired) electrons. The van der Waals surface area contributed by atoms with E-state index >= 15 is 0 Å². The molecule has 0 saturated carbocycles. The number of hydrogen-bond acceptors (Lipinski definition) is 3. The molecule has 0 rings (SSSR count). The average Bonchev–Trinajstić information content (AvgIpc) is 1.97. The van der Waals surface area contributed by atoms with E-state index in [2.05, 4.69) is 5.32 Å². The van der Waals surface area contributed by atoms with Crippen molar-refractivity contribution in [2.24, 2.45) is 5.92 Å². The standard InChI is InChI=1S/C8H12NO3.W/c1-6(11)3-8(5-10)4-9-7(2)12;/h8H,3-4H2,1-2H3,(H,9,12);/q-1;. The summed E-state index contributed by atoms with van der Waals surface area (Å²) in [5, 5.41) is 2.45. The summed E-state index contributed by atoms with van der Waals surface area (Å²) in [5.74, 6) is -0.793. The van der Waals surface area contributed by atoms with Crippen molar-refractivity contribution < 1.29 is 35.4 Å². The van der Waals surface area contributed by atoms with Gasteiger partial charge in [-0.2, -0.15) is 0 Å². The minimum Gasteiger partial charge on any atom is -0.541 e. The molecule has 0 saturated heterocycles. The smallest absolute Gasteiger partial charge is 0.216 e. The van der Waals surface area contributed by atoms with Crippen LogP contribution in [0.4, 0.5) is 0 Å². The fraction of sp³-hybridized carbons (Fsp3) is 0.625. The van der Waals surface area contributed by atoms with Gasteiger partial charge in [0.2, 0.25) is 5.91 Å². The quantitative estimate of drug-likeness (QED) is 0.698.